The van der Waals surface area contributed by atoms with Crippen molar-refractivity contribution in [3.8, 4) is 0 Å². The van der Waals surface area contributed by atoms with Gasteiger partial charge in [0.25, 0.3) is 5.91 Å². The Morgan fingerprint density at radius 3 is 2.67 bits per heavy atom. The molecular formula is C13H16Br2FNO. The highest BCUT2D eigenvalue weighted by Crippen LogP contribution is 2.21. The van der Waals surface area contributed by atoms with Gasteiger partial charge in [-0.05, 0) is 53.9 Å². The Morgan fingerprint density at radius 1 is 1.50 bits per heavy atom. The second kappa shape index (κ2) is 6.66. The number of halogens is 3. The number of hydrogen-bond donors (Lipinski definition) is 1. The Balaban J connectivity index is 2.87. The molecule has 2 nitrogen and oxygen atoms in total. The standard InChI is InChI=1S/C13H16Br2FNO/c1-3-13(2,6-7-14)17-12(18)10-5-4-9(16)8-11(10)15/h4-5,8H,3,6-7H2,1-2H3,(H,17,18). The van der Waals surface area contributed by atoms with E-state index in [-0.39, 0.29) is 17.3 Å². The van der Waals surface area contributed by atoms with Gasteiger partial charge in [-0.25, -0.2) is 4.39 Å². The van der Waals surface area contributed by atoms with E-state index in [1.165, 1.54) is 18.2 Å². The molecule has 1 aromatic carbocycles. The van der Waals surface area contributed by atoms with Gasteiger partial charge in [-0.3, -0.25) is 4.79 Å². The maximum absolute atomic E-state index is 13.0. The molecule has 18 heavy (non-hydrogen) atoms. The van der Waals surface area contributed by atoms with Crippen LogP contribution in [0.5, 0.6) is 0 Å². The molecule has 100 valence electrons. The first-order valence-electron chi connectivity index (χ1n) is 5.75. The van der Waals surface area contributed by atoms with Gasteiger partial charge in [0.1, 0.15) is 5.82 Å². The molecule has 0 heterocycles. The first kappa shape index (κ1) is 15.6. The van der Waals surface area contributed by atoms with Crippen LogP contribution in [0, 0.1) is 5.82 Å². The highest BCUT2D eigenvalue weighted by atomic mass is 79.9. The van der Waals surface area contributed by atoms with Gasteiger partial charge in [0.05, 0.1) is 5.56 Å². The summed E-state index contributed by atoms with van der Waals surface area (Å²) in [5, 5.41) is 3.82. The van der Waals surface area contributed by atoms with E-state index in [1.807, 2.05) is 13.8 Å². The van der Waals surface area contributed by atoms with Crippen LogP contribution in [0.1, 0.15) is 37.0 Å². The molecule has 0 bridgehead atoms. The third-order valence-electron chi connectivity index (χ3n) is 3.02. The van der Waals surface area contributed by atoms with Gasteiger partial charge in [0.15, 0.2) is 0 Å². The minimum absolute atomic E-state index is 0.188. The molecule has 0 aliphatic heterocycles. The summed E-state index contributed by atoms with van der Waals surface area (Å²) in [6.07, 6.45) is 1.68. The number of benzene rings is 1. The summed E-state index contributed by atoms with van der Waals surface area (Å²) in [6.45, 7) is 4.03. The zero-order chi connectivity index (χ0) is 13.8. The lowest BCUT2D eigenvalue weighted by atomic mass is 9.95. The third kappa shape index (κ3) is 4.05. The minimum atomic E-state index is -0.364. The first-order valence-corrected chi connectivity index (χ1v) is 7.67. The van der Waals surface area contributed by atoms with Crippen LogP contribution in [-0.2, 0) is 0 Å². The zero-order valence-corrected chi connectivity index (χ0v) is 13.6. The molecule has 0 radical (unpaired) electrons. The molecule has 0 saturated carbocycles. The SMILES string of the molecule is CCC(C)(CCBr)NC(=O)c1ccc(F)cc1Br. The van der Waals surface area contributed by atoms with Crippen LogP contribution in [0.25, 0.3) is 0 Å². The molecular weight excluding hydrogens is 365 g/mol. The second-order valence-electron chi connectivity index (χ2n) is 4.43. The van der Waals surface area contributed by atoms with Crippen molar-refractivity contribution in [2.45, 2.75) is 32.2 Å². The monoisotopic (exact) mass is 379 g/mol. The topological polar surface area (TPSA) is 29.1 Å². The number of hydrogen-bond acceptors (Lipinski definition) is 1. The van der Waals surface area contributed by atoms with Crippen molar-refractivity contribution in [2.24, 2.45) is 0 Å². The molecule has 1 rings (SSSR count). The summed E-state index contributed by atoms with van der Waals surface area (Å²) >= 11 is 6.59. The van der Waals surface area contributed by atoms with Gasteiger partial charge >= 0.3 is 0 Å². The molecule has 0 aliphatic rings. The van der Waals surface area contributed by atoms with Crippen molar-refractivity contribution in [1.29, 1.82) is 0 Å². The van der Waals surface area contributed by atoms with Gasteiger partial charge in [-0.15, -0.1) is 0 Å². The maximum Gasteiger partial charge on any atom is 0.252 e. The number of nitrogens with one attached hydrogen (secondary N) is 1. The largest absolute Gasteiger partial charge is 0.347 e. The van der Waals surface area contributed by atoms with Crippen LogP contribution >= 0.6 is 31.9 Å². The Kier molecular flexibility index (Phi) is 5.79. The average molecular weight is 381 g/mol. The van der Waals surface area contributed by atoms with E-state index >= 15 is 0 Å². The summed E-state index contributed by atoms with van der Waals surface area (Å²) in [7, 11) is 0. The van der Waals surface area contributed by atoms with Crippen molar-refractivity contribution in [2.75, 3.05) is 5.33 Å². The fourth-order valence-electron chi connectivity index (χ4n) is 1.55. The number of amides is 1. The van der Waals surface area contributed by atoms with E-state index in [9.17, 15) is 9.18 Å². The molecule has 1 amide bonds. The van der Waals surface area contributed by atoms with Crippen LogP contribution in [0.3, 0.4) is 0 Å². The molecule has 0 saturated heterocycles. The van der Waals surface area contributed by atoms with Crippen molar-refractivity contribution in [3.63, 3.8) is 0 Å². The fourth-order valence-corrected chi connectivity index (χ4v) is 2.96. The van der Waals surface area contributed by atoms with E-state index in [0.29, 0.717) is 10.0 Å². The van der Waals surface area contributed by atoms with E-state index in [2.05, 4.69) is 37.2 Å². The van der Waals surface area contributed by atoms with E-state index in [4.69, 9.17) is 0 Å². The summed E-state index contributed by atoms with van der Waals surface area (Å²) in [5.74, 6) is -0.552. The van der Waals surface area contributed by atoms with Crippen molar-refractivity contribution in [1.82, 2.24) is 5.32 Å². The van der Waals surface area contributed by atoms with Crippen molar-refractivity contribution in [3.05, 3.63) is 34.1 Å². The lowest BCUT2D eigenvalue weighted by molar-refractivity contribution is 0.0901. The third-order valence-corrected chi connectivity index (χ3v) is 4.07. The van der Waals surface area contributed by atoms with Gasteiger partial charge in [-0.1, -0.05) is 22.9 Å². The van der Waals surface area contributed by atoms with Gasteiger partial charge in [0.2, 0.25) is 0 Å². The van der Waals surface area contributed by atoms with E-state index in [0.717, 1.165) is 18.2 Å². The maximum atomic E-state index is 13.0. The molecule has 1 aromatic rings. The molecule has 0 fully saturated rings. The predicted molar refractivity (Wildman–Crippen MR) is 78.7 cm³/mol. The lowest BCUT2D eigenvalue weighted by Gasteiger charge is -2.29. The highest BCUT2D eigenvalue weighted by Gasteiger charge is 2.24. The number of carbonyl (C=O) groups is 1. The van der Waals surface area contributed by atoms with Crippen LogP contribution < -0.4 is 5.32 Å². The van der Waals surface area contributed by atoms with Crippen molar-refractivity contribution >= 4 is 37.8 Å². The molecule has 0 spiro atoms. The van der Waals surface area contributed by atoms with Crippen LogP contribution in [0.15, 0.2) is 22.7 Å². The smallest absolute Gasteiger partial charge is 0.252 e. The molecule has 5 heteroatoms. The number of carbonyl (C=O) groups excluding carboxylic acids is 1. The summed E-state index contributed by atoms with van der Waals surface area (Å²) < 4.78 is 13.4. The zero-order valence-electron chi connectivity index (χ0n) is 10.4. The normalized spacial score (nSPS) is 14.1. The Labute approximate surface area is 124 Å². The predicted octanol–water partition coefficient (Wildman–Crippen LogP) is 4.27. The number of rotatable bonds is 5. The van der Waals surface area contributed by atoms with Gasteiger partial charge in [-0.2, -0.15) is 0 Å². The quantitative estimate of drug-likeness (QED) is 0.759. The Morgan fingerprint density at radius 2 is 2.17 bits per heavy atom. The summed E-state index contributed by atoms with van der Waals surface area (Å²) in [4.78, 5) is 12.1. The fraction of sp³-hybridized carbons (Fsp3) is 0.462. The summed E-state index contributed by atoms with van der Waals surface area (Å²) in [6, 6.07) is 4.06. The lowest BCUT2D eigenvalue weighted by Crippen LogP contribution is -2.45. The Hall–Kier alpha value is -0.420. The van der Waals surface area contributed by atoms with Gasteiger partial charge < -0.3 is 5.32 Å². The molecule has 1 N–H and O–H groups in total. The van der Waals surface area contributed by atoms with Gasteiger partial charge in [0, 0.05) is 15.3 Å². The second-order valence-corrected chi connectivity index (χ2v) is 6.08. The highest BCUT2D eigenvalue weighted by molar-refractivity contribution is 9.10. The first-order chi connectivity index (χ1) is 8.41. The molecule has 1 unspecified atom stereocenters. The molecule has 1 atom stereocenters. The Bertz CT molecular complexity index is 439. The summed E-state index contributed by atoms with van der Waals surface area (Å²) in [5.41, 5.74) is 0.194. The van der Waals surface area contributed by atoms with E-state index < -0.39 is 0 Å². The minimum Gasteiger partial charge on any atom is -0.347 e. The van der Waals surface area contributed by atoms with Crippen LogP contribution in [-0.4, -0.2) is 16.8 Å². The van der Waals surface area contributed by atoms with Crippen molar-refractivity contribution < 1.29 is 9.18 Å². The van der Waals surface area contributed by atoms with Crippen LogP contribution in [0.2, 0.25) is 0 Å². The molecule has 0 aliphatic carbocycles. The van der Waals surface area contributed by atoms with Crippen LogP contribution in [0.4, 0.5) is 4.39 Å². The number of alkyl halides is 1. The molecule has 0 aromatic heterocycles. The van der Waals surface area contributed by atoms with E-state index in [1.54, 1.807) is 0 Å². The average Bonchev–Trinajstić information content (AvgIpc) is 2.28.